The first kappa shape index (κ1) is 22.4. The third-order valence-electron chi connectivity index (χ3n) is 5.97. The van der Waals surface area contributed by atoms with Crippen LogP contribution in [-0.2, 0) is 29.1 Å². The van der Waals surface area contributed by atoms with Gasteiger partial charge in [0.25, 0.3) is 0 Å². The summed E-state index contributed by atoms with van der Waals surface area (Å²) in [5.74, 6) is -1.59. The number of ether oxygens (including phenoxy) is 1. The molecule has 10 nitrogen and oxygen atoms in total. The van der Waals surface area contributed by atoms with Crippen molar-refractivity contribution in [2.24, 2.45) is 0 Å². The Hall–Kier alpha value is -2.76. The number of cyclic esters (lactones) is 1. The molecule has 2 fully saturated rings. The van der Waals surface area contributed by atoms with Gasteiger partial charge in [0.05, 0.1) is 11.3 Å². The van der Waals surface area contributed by atoms with Crippen LogP contribution in [0.2, 0.25) is 0 Å². The summed E-state index contributed by atoms with van der Waals surface area (Å²) in [7, 11) is -3.94. The molecule has 32 heavy (non-hydrogen) atoms. The Labute approximate surface area is 185 Å². The summed E-state index contributed by atoms with van der Waals surface area (Å²) in [6.07, 6.45) is 3.77. The molecule has 2 saturated heterocycles. The summed E-state index contributed by atoms with van der Waals surface area (Å²) in [5, 5.41) is 12.4. The fraction of sp³-hybridized carbons (Fsp3) is 0.476. The summed E-state index contributed by atoms with van der Waals surface area (Å²) in [6, 6.07) is 4.75. The zero-order valence-corrected chi connectivity index (χ0v) is 18.0. The minimum atomic E-state index is -3.94. The fourth-order valence-corrected chi connectivity index (χ4v) is 5.59. The van der Waals surface area contributed by atoms with E-state index < -0.39 is 52.2 Å². The Morgan fingerprint density at radius 1 is 1.09 bits per heavy atom. The maximum Gasteiger partial charge on any atom is 0.310 e. The smallest absolute Gasteiger partial charge is 0.310 e. The van der Waals surface area contributed by atoms with Gasteiger partial charge in [0.1, 0.15) is 18.1 Å². The molecule has 0 radical (unpaired) electrons. The van der Waals surface area contributed by atoms with E-state index in [2.05, 4.69) is 14.8 Å². The molecule has 3 N–H and O–H groups in total. The summed E-state index contributed by atoms with van der Waals surface area (Å²) in [5.41, 5.74) is 0. The second kappa shape index (κ2) is 9.00. The molecular weight excluding hydrogens is 438 g/mol. The van der Waals surface area contributed by atoms with Crippen LogP contribution in [0.5, 0.6) is 0 Å². The molecule has 172 valence electrons. The van der Waals surface area contributed by atoms with Crippen molar-refractivity contribution >= 4 is 27.8 Å². The first-order chi connectivity index (χ1) is 15.3. The van der Waals surface area contributed by atoms with Crippen molar-refractivity contribution in [2.45, 2.75) is 67.5 Å². The number of hydrogen-bond donors (Lipinski definition) is 3. The van der Waals surface area contributed by atoms with Crippen molar-refractivity contribution in [3.05, 3.63) is 42.5 Å². The monoisotopic (exact) mass is 463 g/mol. The van der Waals surface area contributed by atoms with Gasteiger partial charge >= 0.3 is 5.97 Å². The quantitative estimate of drug-likeness (QED) is 0.405. The number of hydrogen-bond acceptors (Lipinski definition) is 7. The number of esters is 1. The van der Waals surface area contributed by atoms with Gasteiger partial charge in [-0.25, -0.2) is 8.42 Å². The number of amides is 2. The lowest BCUT2D eigenvalue weighted by Crippen LogP contribution is -2.57. The predicted molar refractivity (Wildman–Crippen MR) is 111 cm³/mol. The standard InChI is InChI=1S/C21H25N3O7S/c25-18-12-16(21(28)31-18)22-19(26)17-11-10-13-6-4-5-9-15(20(27)24(13)17)23-32(29,30)14-7-2-1-3-8-14/h1-5,7-8,13,15-17,21,23,28H,6,9-12H2,(H,22,26)/t13-,15+,16?,17+,21?/m1/s1. The average molecular weight is 464 g/mol. The highest BCUT2D eigenvalue weighted by Gasteiger charge is 2.45. The van der Waals surface area contributed by atoms with E-state index in [-0.39, 0.29) is 23.8 Å². The molecule has 3 heterocycles. The minimum Gasteiger partial charge on any atom is -0.434 e. The molecule has 5 atom stereocenters. The van der Waals surface area contributed by atoms with Gasteiger partial charge in [-0.1, -0.05) is 30.4 Å². The average Bonchev–Trinajstić information content (AvgIpc) is 3.31. The van der Waals surface area contributed by atoms with Crippen molar-refractivity contribution in [3.8, 4) is 0 Å². The van der Waals surface area contributed by atoms with Gasteiger partial charge < -0.3 is 20.1 Å². The summed E-state index contributed by atoms with van der Waals surface area (Å²) in [6.45, 7) is 0. The van der Waals surface area contributed by atoms with Crippen LogP contribution in [0.25, 0.3) is 0 Å². The summed E-state index contributed by atoms with van der Waals surface area (Å²) >= 11 is 0. The van der Waals surface area contributed by atoms with Crippen LogP contribution in [-0.4, -0.2) is 66.7 Å². The highest BCUT2D eigenvalue weighted by molar-refractivity contribution is 7.89. The zero-order valence-electron chi connectivity index (χ0n) is 17.2. The summed E-state index contributed by atoms with van der Waals surface area (Å²) < 4.78 is 32.7. The maximum atomic E-state index is 13.4. The molecule has 0 saturated carbocycles. The zero-order chi connectivity index (χ0) is 22.9. The lowest BCUT2D eigenvalue weighted by molar-refractivity contribution is -0.155. The van der Waals surface area contributed by atoms with E-state index in [4.69, 9.17) is 0 Å². The Kier molecular flexibility index (Phi) is 6.31. The molecule has 0 aliphatic carbocycles. The van der Waals surface area contributed by atoms with Gasteiger partial charge in [-0.3, -0.25) is 14.4 Å². The van der Waals surface area contributed by atoms with Crippen molar-refractivity contribution in [1.82, 2.24) is 14.9 Å². The van der Waals surface area contributed by atoms with Crippen LogP contribution < -0.4 is 10.0 Å². The van der Waals surface area contributed by atoms with E-state index in [1.165, 1.54) is 17.0 Å². The van der Waals surface area contributed by atoms with E-state index in [9.17, 15) is 27.9 Å². The molecule has 4 rings (SSSR count). The lowest BCUT2D eigenvalue weighted by atomic mass is 10.1. The maximum absolute atomic E-state index is 13.4. The normalized spacial score (nSPS) is 30.4. The van der Waals surface area contributed by atoms with Gasteiger partial charge in [0, 0.05) is 6.04 Å². The molecule has 2 unspecified atom stereocenters. The van der Waals surface area contributed by atoms with Crippen molar-refractivity contribution in [2.75, 3.05) is 0 Å². The third-order valence-corrected chi connectivity index (χ3v) is 7.45. The van der Waals surface area contributed by atoms with Crippen LogP contribution in [0.3, 0.4) is 0 Å². The number of nitrogens with zero attached hydrogens (tertiary/aromatic N) is 1. The Balaban J connectivity index is 1.53. The topological polar surface area (TPSA) is 142 Å². The Morgan fingerprint density at radius 3 is 2.50 bits per heavy atom. The molecule has 1 aromatic rings. The Morgan fingerprint density at radius 2 is 1.81 bits per heavy atom. The van der Waals surface area contributed by atoms with Crippen LogP contribution in [0.1, 0.15) is 32.1 Å². The summed E-state index contributed by atoms with van der Waals surface area (Å²) in [4.78, 5) is 39.2. The fourth-order valence-electron chi connectivity index (χ4n) is 4.37. The first-order valence-corrected chi connectivity index (χ1v) is 12.0. The number of nitrogens with one attached hydrogen (secondary N) is 2. The van der Waals surface area contributed by atoms with Crippen molar-refractivity contribution in [3.63, 3.8) is 0 Å². The van der Waals surface area contributed by atoms with E-state index in [0.29, 0.717) is 19.3 Å². The number of aliphatic hydroxyl groups is 1. The minimum absolute atomic E-state index is 0.0472. The largest absolute Gasteiger partial charge is 0.434 e. The molecule has 2 amide bonds. The van der Waals surface area contributed by atoms with Gasteiger partial charge in [0.2, 0.25) is 28.1 Å². The number of sulfonamides is 1. The third kappa shape index (κ3) is 4.54. The molecular formula is C21H25N3O7S. The van der Waals surface area contributed by atoms with Crippen molar-refractivity contribution < 1.29 is 32.6 Å². The lowest BCUT2D eigenvalue weighted by Gasteiger charge is -2.34. The molecule has 0 spiro atoms. The molecule has 1 aromatic carbocycles. The number of fused-ring (bicyclic) bond motifs is 1. The van der Waals surface area contributed by atoms with E-state index in [1.807, 2.05) is 6.08 Å². The molecule has 11 heteroatoms. The highest BCUT2D eigenvalue weighted by Crippen LogP contribution is 2.30. The second-order valence-electron chi connectivity index (χ2n) is 8.12. The first-order valence-electron chi connectivity index (χ1n) is 10.5. The number of carbonyl (C=O) groups is 3. The molecule has 3 aliphatic rings. The number of carbonyl (C=O) groups excluding carboxylic acids is 3. The van der Waals surface area contributed by atoms with Gasteiger partial charge in [-0.2, -0.15) is 4.72 Å². The van der Waals surface area contributed by atoms with E-state index in [0.717, 1.165) is 0 Å². The van der Waals surface area contributed by atoms with Gasteiger partial charge in [-0.05, 0) is 37.8 Å². The molecule has 0 bridgehead atoms. The van der Waals surface area contributed by atoms with Gasteiger partial charge in [0.15, 0.2) is 0 Å². The van der Waals surface area contributed by atoms with E-state index >= 15 is 0 Å². The van der Waals surface area contributed by atoms with Crippen molar-refractivity contribution in [1.29, 1.82) is 0 Å². The second-order valence-corrected chi connectivity index (χ2v) is 9.84. The number of rotatable bonds is 5. The number of aliphatic hydroxyl groups excluding tert-OH is 1. The van der Waals surface area contributed by atoms with Crippen LogP contribution in [0.15, 0.2) is 47.4 Å². The number of benzene rings is 1. The highest BCUT2D eigenvalue weighted by atomic mass is 32.2. The Bertz CT molecular complexity index is 1030. The molecule has 0 aromatic heterocycles. The SMILES string of the molecule is O=C1CC(NC(=O)[C@@H]2CC[C@H]3CC=CC[C@H](NS(=O)(=O)c4ccccc4)C(=O)N32)C(O)O1. The van der Waals surface area contributed by atoms with E-state index in [1.54, 1.807) is 24.3 Å². The predicted octanol–water partition coefficient (Wildman–Crippen LogP) is -0.207. The molecule has 3 aliphatic heterocycles. The van der Waals surface area contributed by atoms with Crippen LogP contribution >= 0.6 is 0 Å². The van der Waals surface area contributed by atoms with Crippen LogP contribution in [0.4, 0.5) is 0 Å². The van der Waals surface area contributed by atoms with Crippen LogP contribution in [0, 0.1) is 0 Å². The van der Waals surface area contributed by atoms with Gasteiger partial charge in [-0.15, -0.1) is 0 Å².